The lowest BCUT2D eigenvalue weighted by Gasteiger charge is -2.35. The molecule has 6 rings (SSSR count). The van der Waals surface area contributed by atoms with Crippen LogP contribution in [0.5, 0.6) is 6.01 Å². The number of rotatable bonds is 8. The molecule has 3 atom stereocenters. The van der Waals surface area contributed by atoms with Crippen LogP contribution in [0, 0.1) is 5.92 Å². The molecular weight excluding hydrogens is 536 g/mol. The van der Waals surface area contributed by atoms with Crippen molar-refractivity contribution < 1.29 is 9.53 Å². The van der Waals surface area contributed by atoms with Gasteiger partial charge < -0.3 is 10.1 Å². The molecule has 7 heteroatoms. The minimum Gasteiger partial charge on any atom is -0.468 e. The third-order valence-corrected chi connectivity index (χ3v) is 8.00. The summed E-state index contributed by atoms with van der Waals surface area (Å²) >= 11 is 0. The lowest BCUT2D eigenvalue weighted by atomic mass is 9.72. The second kappa shape index (κ2) is 12.3. The Kier molecular flexibility index (Phi) is 7.96. The molecule has 1 aromatic heterocycles. The van der Waals surface area contributed by atoms with Gasteiger partial charge in [-0.15, -0.1) is 0 Å². The number of aromatic nitrogens is 2. The predicted molar refractivity (Wildman–Crippen MR) is 170 cm³/mol. The number of hydrogen-bond donors (Lipinski definition) is 1. The zero-order valence-electron chi connectivity index (χ0n) is 24.1. The van der Waals surface area contributed by atoms with E-state index in [1.165, 1.54) is 11.7 Å². The molecule has 0 radical (unpaired) electrons. The number of nitrogens with zero attached hydrogens (tertiary/aromatic N) is 3. The lowest BCUT2D eigenvalue weighted by molar-refractivity contribution is 0.0967. The monoisotopic (exact) mass is 568 g/mol. The van der Waals surface area contributed by atoms with Gasteiger partial charge in [-0.2, -0.15) is 4.98 Å². The first kappa shape index (κ1) is 27.8. The van der Waals surface area contributed by atoms with Crippen LogP contribution in [-0.2, 0) is 7.05 Å². The standard InChI is InChI=1S/C36H32N4O3/c1-40-35(42)33-34(39-36(40)43-2)38-32(27-21-13-6-14-22-27)30(31(37-33)26-19-11-5-12-20-26)28(24-15-7-3-8-16-24)23-29(41)25-17-9-4-10-18-25/h3-22,28,30,32,38H,23H2,1-2H3/t28-,30+,32?/m1/s1. The molecule has 1 aliphatic heterocycles. The molecule has 0 saturated carbocycles. The molecule has 0 fully saturated rings. The first-order valence-electron chi connectivity index (χ1n) is 14.3. The van der Waals surface area contributed by atoms with E-state index in [9.17, 15) is 9.59 Å². The number of hydrogen-bond acceptors (Lipinski definition) is 6. The minimum atomic E-state index is -0.389. The molecule has 1 aliphatic rings. The Balaban J connectivity index is 1.63. The molecule has 214 valence electrons. The number of ether oxygens (including phenoxy) is 1. The van der Waals surface area contributed by atoms with E-state index in [4.69, 9.17) is 9.73 Å². The molecule has 1 unspecified atom stereocenters. The van der Waals surface area contributed by atoms with Crippen molar-refractivity contribution >= 4 is 23.0 Å². The molecule has 2 heterocycles. The number of anilines is 1. The molecule has 0 spiro atoms. The molecule has 0 bridgehead atoms. The molecule has 0 saturated heterocycles. The number of nitrogens with one attached hydrogen (secondary N) is 1. The highest BCUT2D eigenvalue weighted by Gasteiger charge is 2.40. The van der Waals surface area contributed by atoms with Gasteiger partial charge in [-0.3, -0.25) is 14.2 Å². The van der Waals surface area contributed by atoms with Gasteiger partial charge in [0, 0.05) is 30.9 Å². The lowest BCUT2D eigenvalue weighted by Crippen LogP contribution is -2.34. The summed E-state index contributed by atoms with van der Waals surface area (Å²) in [4.78, 5) is 37.4. The largest absolute Gasteiger partial charge is 0.468 e. The van der Waals surface area contributed by atoms with Crippen molar-refractivity contribution in [3.8, 4) is 6.01 Å². The van der Waals surface area contributed by atoms with Gasteiger partial charge in [0.2, 0.25) is 0 Å². The number of carbonyl (C=O) groups is 1. The van der Waals surface area contributed by atoms with Crippen molar-refractivity contribution in [3.05, 3.63) is 154 Å². The second-order valence-corrected chi connectivity index (χ2v) is 10.6. The van der Waals surface area contributed by atoms with Crippen molar-refractivity contribution in [2.75, 3.05) is 12.4 Å². The van der Waals surface area contributed by atoms with Crippen LogP contribution in [0.15, 0.2) is 131 Å². The van der Waals surface area contributed by atoms with Crippen LogP contribution in [0.2, 0.25) is 0 Å². The zero-order chi connectivity index (χ0) is 29.8. The Morgan fingerprint density at radius 2 is 1.44 bits per heavy atom. The molecule has 1 N–H and O–H groups in total. The molecule has 43 heavy (non-hydrogen) atoms. The highest BCUT2D eigenvalue weighted by molar-refractivity contribution is 6.06. The molecule has 4 aromatic carbocycles. The van der Waals surface area contributed by atoms with E-state index in [0.717, 1.165) is 16.7 Å². The fourth-order valence-electron chi connectivity index (χ4n) is 5.88. The number of Topliss-reactive ketones (excluding diaryl/α,β-unsaturated/α-hetero) is 1. The van der Waals surface area contributed by atoms with Crippen molar-refractivity contribution in [2.45, 2.75) is 18.4 Å². The second-order valence-electron chi connectivity index (χ2n) is 10.6. The number of aliphatic imine (C=N–C) groups is 1. The predicted octanol–water partition coefficient (Wildman–Crippen LogP) is 6.75. The molecule has 0 amide bonds. The first-order valence-corrected chi connectivity index (χ1v) is 14.3. The quantitative estimate of drug-likeness (QED) is 0.209. The maximum Gasteiger partial charge on any atom is 0.300 e. The van der Waals surface area contributed by atoms with Gasteiger partial charge in [-0.25, -0.2) is 4.99 Å². The van der Waals surface area contributed by atoms with E-state index >= 15 is 0 Å². The summed E-state index contributed by atoms with van der Waals surface area (Å²) in [7, 11) is 3.11. The third-order valence-electron chi connectivity index (χ3n) is 8.00. The van der Waals surface area contributed by atoms with Crippen molar-refractivity contribution in [1.29, 1.82) is 0 Å². The van der Waals surface area contributed by atoms with Gasteiger partial charge in [0.15, 0.2) is 17.3 Å². The van der Waals surface area contributed by atoms with Crippen molar-refractivity contribution in [1.82, 2.24) is 9.55 Å². The maximum absolute atomic E-state index is 13.9. The average Bonchev–Trinajstić information content (AvgIpc) is 3.24. The molecular formula is C36H32N4O3. The van der Waals surface area contributed by atoms with E-state index in [-0.39, 0.29) is 47.3 Å². The SMILES string of the molecule is COc1nc2c(c(=O)n1C)N=C(c1ccccc1)[C@H]([C@H](CC(=O)c1ccccc1)c1ccccc1)C(c1ccccc1)N2. The van der Waals surface area contributed by atoms with Gasteiger partial charge in [-0.1, -0.05) is 121 Å². The van der Waals surface area contributed by atoms with Crippen LogP contribution in [-0.4, -0.2) is 28.2 Å². The Labute approximate surface area is 250 Å². The van der Waals surface area contributed by atoms with E-state index < -0.39 is 0 Å². The van der Waals surface area contributed by atoms with Crippen LogP contribution >= 0.6 is 0 Å². The van der Waals surface area contributed by atoms with Crippen molar-refractivity contribution in [2.24, 2.45) is 18.0 Å². The van der Waals surface area contributed by atoms with Crippen LogP contribution in [0.3, 0.4) is 0 Å². The Morgan fingerprint density at radius 1 is 0.860 bits per heavy atom. The smallest absolute Gasteiger partial charge is 0.300 e. The average molecular weight is 569 g/mol. The van der Waals surface area contributed by atoms with Gasteiger partial charge in [0.25, 0.3) is 5.56 Å². The van der Waals surface area contributed by atoms with Crippen molar-refractivity contribution in [3.63, 3.8) is 0 Å². The van der Waals surface area contributed by atoms with E-state index in [1.54, 1.807) is 7.05 Å². The highest BCUT2D eigenvalue weighted by Crippen LogP contribution is 2.45. The normalized spacial score (nSPS) is 16.7. The molecule has 7 nitrogen and oxygen atoms in total. The van der Waals surface area contributed by atoms with E-state index in [2.05, 4.69) is 34.6 Å². The number of methoxy groups -OCH3 is 1. The number of carbonyl (C=O) groups excluding carboxylic acids is 1. The number of ketones is 1. The number of benzene rings is 4. The summed E-state index contributed by atoms with van der Waals surface area (Å²) in [5.74, 6) is -0.299. The van der Waals surface area contributed by atoms with Crippen LogP contribution in [0.25, 0.3) is 0 Å². The topological polar surface area (TPSA) is 85.6 Å². The summed E-state index contributed by atoms with van der Waals surface area (Å²) in [6.45, 7) is 0. The molecule has 0 aliphatic carbocycles. The van der Waals surface area contributed by atoms with E-state index in [0.29, 0.717) is 17.1 Å². The number of fused-ring (bicyclic) bond motifs is 1. The fraction of sp³-hybridized carbons (Fsp3) is 0.167. The Bertz CT molecular complexity index is 1800. The summed E-state index contributed by atoms with van der Waals surface area (Å²) < 4.78 is 6.81. The van der Waals surface area contributed by atoms with Gasteiger partial charge in [0.1, 0.15) is 0 Å². The highest BCUT2D eigenvalue weighted by atomic mass is 16.5. The minimum absolute atomic E-state index is 0.0335. The van der Waals surface area contributed by atoms with E-state index in [1.807, 2.05) is 97.1 Å². The van der Waals surface area contributed by atoms with Gasteiger partial charge >= 0.3 is 6.01 Å². The van der Waals surface area contributed by atoms with Crippen LogP contribution in [0.1, 0.15) is 45.4 Å². The Hall–Kier alpha value is -5.30. The summed E-state index contributed by atoms with van der Waals surface area (Å²) in [5, 5.41) is 3.60. The summed E-state index contributed by atoms with van der Waals surface area (Å²) in [6, 6.07) is 39.2. The summed E-state index contributed by atoms with van der Waals surface area (Å²) in [5.41, 5.74) is 4.10. The third kappa shape index (κ3) is 5.62. The van der Waals surface area contributed by atoms with Crippen LogP contribution < -0.4 is 15.6 Å². The van der Waals surface area contributed by atoms with Crippen LogP contribution in [0.4, 0.5) is 11.5 Å². The maximum atomic E-state index is 13.9. The van der Waals surface area contributed by atoms with Gasteiger partial charge in [-0.05, 0) is 16.7 Å². The first-order chi connectivity index (χ1) is 21.0. The fourth-order valence-corrected chi connectivity index (χ4v) is 5.88. The Morgan fingerprint density at radius 3 is 2.07 bits per heavy atom. The van der Waals surface area contributed by atoms with Gasteiger partial charge in [0.05, 0.1) is 18.9 Å². The zero-order valence-corrected chi connectivity index (χ0v) is 24.1. The molecule has 5 aromatic rings. The summed E-state index contributed by atoms with van der Waals surface area (Å²) in [6.07, 6.45) is 0.237.